The lowest BCUT2D eigenvalue weighted by Gasteiger charge is -2.47. The van der Waals surface area contributed by atoms with Crippen LogP contribution in [0.5, 0.6) is 5.75 Å². The molecule has 6 rings (SSSR count). The number of fused-ring (bicyclic) bond motifs is 4. The number of nitrogens with one attached hydrogen (secondary N) is 1. The molecule has 2 bridgehead atoms. The minimum Gasteiger partial charge on any atom is -0.490 e. The Morgan fingerprint density at radius 1 is 1.16 bits per heavy atom. The minimum atomic E-state index is -4.00. The van der Waals surface area contributed by atoms with E-state index in [2.05, 4.69) is 15.7 Å². The van der Waals surface area contributed by atoms with Crippen molar-refractivity contribution in [2.45, 2.75) is 68.6 Å². The summed E-state index contributed by atoms with van der Waals surface area (Å²) in [7, 11) is -4.00. The molecule has 0 radical (unpaired) electrons. The summed E-state index contributed by atoms with van der Waals surface area (Å²) in [6.45, 7) is 4.93. The Bertz CT molecular complexity index is 1580. The van der Waals surface area contributed by atoms with Crippen molar-refractivity contribution in [1.29, 1.82) is 0 Å². The first kappa shape index (κ1) is 30.2. The average Bonchev–Trinajstić information content (AvgIpc) is 3.11. The van der Waals surface area contributed by atoms with Crippen LogP contribution in [0.1, 0.15) is 67.4 Å². The lowest BCUT2D eigenvalue weighted by molar-refractivity contribution is -0.130. The van der Waals surface area contributed by atoms with Gasteiger partial charge in [-0.05, 0) is 105 Å². The predicted octanol–water partition coefficient (Wildman–Crippen LogP) is 4.81. The van der Waals surface area contributed by atoms with Gasteiger partial charge in [0.15, 0.2) is 6.29 Å². The lowest BCUT2D eigenvalue weighted by Crippen LogP contribution is -2.53. The van der Waals surface area contributed by atoms with Crippen LogP contribution < -0.4 is 14.4 Å². The van der Waals surface area contributed by atoms with E-state index in [1.165, 1.54) is 17.2 Å². The fourth-order valence-corrected chi connectivity index (χ4v) is 8.91. The van der Waals surface area contributed by atoms with Gasteiger partial charge in [-0.25, -0.2) is 13.1 Å². The van der Waals surface area contributed by atoms with Crippen molar-refractivity contribution >= 4 is 39.5 Å². The lowest BCUT2D eigenvalue weighted by atomic mass is 9.64. The number of carbonyl (C=O) groups is 2. The van der Waals surface area contributed by atoms with Crippen molar-refractivity contribution in [3.05, 3.63) is 70.3 Å². The van der Waals surface area contributed by atoms with Gasteiger partial charge in [0.25, 0.3) is 5.91 Å². The van der Waals surface area contributed by atoms with E-state index < -0.39 is 26.8 Å². The Morgan fingerprint density at radius 3 is 2.72 bits per heavy atom. The monoisotopic (exact) mass is 626 g/mol. The number of nitrogens with zero attached hydrogens (tertiary/aromatic N) is 1. The van der Waals surface area contributed by atoms with E-state index in [9.17, 15) is 23.1 Å². The zero-order valence-electron chi connectivity index (χ0n) is 24.6. The Labute approximate surface area is 258 Å². The third kappa shape index (κ3) is 5.49. The first-order valence-electron chi connectivity index (χ1n) is 15.2. The van der Waals surface area contributed by atoms with Gasteiger partial charge >= 0.3 is 0 Å². The number of aryl methyl sites for hydroxylation is 1. The number of benzene rings is 2. The summed E-state index contributed by atoms with van der Waals surface area (Å²) in [4.78, 5) is 27.9. The Balaban J connectivity index is 1.45. The number of amides is 1. The normalized spacial score (nSPS) is 34.4. The van der Waals surface area contributed by atoms with Gasteiger partial charge in [-0.3, -0.25) is 9.59 Å². The van der Waals surface area contributed by atoms with E-state index in [-0.39, 0.29) is 28.7 Å². The number of aliphatic hydroxyl groups is 1. The van der Waals surface area contributed by atoms with Crippen LogP contribution in [0.2, 0.25) is 5.02 Å². The third-order valence-corrected chi connectivity index (χ3v) is 12.5. The third-order valence-electron chi connectivity index (χ3n) is 10.4. The van der Waals surface area contributed by atoms with Crippen molar-refractivity contribution in [3.8, 4) is 5.75 Å². The molecule has 0 aromatic heterocycles. The van der Waals surface area contributed by atoms with Gasteiger partial charge in [0.05, 0.1) is 17.5 Å². The van der Waals surface area contributed by atoms with E-state index in [1.807, 2.05) is 12.1 Å². The van der Waals surface area contributed by atoms with Crippen LogP contribution in [0.3, 0.4) is 0 Å². The van der Waals surface area contributed by atoms with E-state index in [1.54, 1.807) is 38.1 Å². The molecule has 1 amide bonds. The van der Waals surface area contributed by atoms with Crippen LogP contribution in [0.25, 0.3) is 0 Å². The van der Waals surface area contributed by atoms with Crippen molar-refractivity contribution < 1.29 is 27.9 Å². The molecular weight excluding hydrogens is 588 g/mol. The molecule has 2 aliphatic carbocycles. The van der Waals surface area contributed by atoms with Crippen LogP contribution >= 0.6 is 11.6 Å². The van der Waals surface area contributed by atoms with Crippen LogP contribution in [-0.2, 0) is 26.7 Å². The van der Waals surface area contributed by atoms with Gasteiger partial charge in [-0.15, -0.1) is 0 Å². The summed E-state index contributed by atoms with van der Waals surface area (Å²) in [6, 6.07) is 11.1. The van der Waals surface area contributed by atoms with Crippen molar-refractivity contribution in [2.24, 2.45) is 17.8 Å². The summed E-state index contributed by atoms with van der Waals surface area (Å²) in [6.07, 6.45) is 8.57. The van der Waals surface area contributed by atoms with Gasteiger partial charge in [0.2, 0.25) is 10.0 Å². The van der Waals surface area contributed by atoms with Gasteiger partial charge in [-0.1, -0.05) is 30.7 Å². The molecule has 2 aliphatic heterocycles. The number of carbonyl (C=O) groups excluding carboxylic acids is 2. The van der Waals surface area contributed by atoms with Crippen LogP contribution in [0.15, 0.2) is 48.6 Å². The molecule has 8 nitrogen and oxygen atoms in total. The molecule has 2 aromatic rings. The summed E-state index contributed by atoms with van der Waals surface area (Å²) < 4.78 is 35.2. The summed E-state index contributed by atoms with van der Waals surface area (Å²) in [5.41, 5.74) is 1.35. The average molecular weight is 627 g/mol. The molecule has 1 fully saturated rings. The molecule has 6 atom stereocenters. The first-order valence-corrected chi connectivity index (χ1v) is 17.1. The van der Waals surface area contributed by atoms with Gasteiger partial charge in [0.1, 0.15) is 11.4 Å². The predicted molar refractivity (Wildman–Crippen MR) is 166 cm³/mol. The maximum atomic E-state index is 13.3. The fraction of sp³-hybridized carbons (Fsp3) is 0.515. The SMILES string of the molecule is C[C@@H]1[C@@H](C)C/C=C\[C@@](O)(C=O)[C@@H]2CC[C@H]2CN2C[C@@]3(CCCc4cc(Cl)ccc43)COc3ccc(cc32)C(=O)NS1(=O)=O. The highest BCUT2D eigenvalue weighted by molar-refractivity contribution is 7.90. The number of hydrogen-bond donors (Lipinski definition) is 2. The number of sulfonamides is 1. The molecule has 0 saturated heterocycles. The van der Waals surface area contributed by atoms with Crippen molar-refractivity contribution in [3.63, 3.8) is 0 Å². The largest absolute Gasteiger partial charge is 0.490 e. The number of halogens is 1. The number of allylic oxidation sites excluding steroid dienone is 1. The molecule has 1 saturated carbocycles. The standard InChI is InChI=1S/C33H39ClN2O6S/c1-21-5-3-14-33(39,19-37)28-10-7-25(28)17-36-18-32(13-4-6-23-15-26(34)9-11-27(23)32)20-42-30-12-8-24(16-29(30)36)31(38)35-43(40,41)22(21)2/h3,8-9,11-12,14-16,19,21-22,25,28,39H,4-7,10,13,17-18,20H2,1-2H3,(H,35,38)/b14-3-/t21-,22+,25-,28+,32-,33+/m0/s1. The molecule has 2 N–H and O–H groups in total. The number of hydrogen-bond acceptors (Lipinski definition) is 7. The maximum Gasteiger partial charge on any atom is 0.264 e. The molecular formula is C33H39ClN2O6S. The smallest absolute Gasteiger partial charge is 0.264 e. The summed E-state index contributed by atoms with van der Waals surface area (Å²) in [5, 5.41) is 11.3. The van der Waals surface area contributed by atoms with Gasteiger partial charge < -0.3 is 14.7 Å². The Hall–Kier alpha value is -2.88. The van der Waals surface area contributed by atoms with E-state index in [0.717, 1.165) is 25.7 Å². The second-order valence-electron chi connectivity index (χ2n) is 13.0. The van der Waals surface area contributed by atoms with Crippen LogP contribution in [-0.4, -0.2) is 56.3 Å². The topological polar surface area (TPSA) is 113 Å². The first-order chi connectivity index (χ1) is 20.4. The molecule has 2 heterocycles. The summed E-state index contributed by atoms with van der Waals surface area (Å²) in [5.74, 6) is -0.681. The number of anilines is 1. The number of rotatable bonds is 1. The molecule has 43 heavy (non-hydrogen) atoms. The number of aldehydes is 1. The van der Waals surface area contributed by atoms with Crippen molar-refractivity contribution in [1.82, 2.24) is 4.72 Å². The highest BCUT2D eigenvalue weighted by atomic mass is 35.5. The molecule has 230 valence electrons. The van der Waals surface area contributed by atoms with Gasteiger partial charge in [-0.2, -0.15) is 0 Å². The second kappa shape index (κ2) is 11.2. The van der Waals surface area contributed by atoms with Gasteiger partial charge in [0, 0.05) is 35.0 Å². The molecule has 4 aliphatic rings. The highest BCUT2D eigenvalue weighted by Crippen LogP contribution is 2.48. The molecule has 0 unspecified atom stereocenters. The zero-order valence-corrected chi connectivity index (χ0v) is 26.2. The fourth-order valence-electron chi connectivity index (χ4n) is 7.44. The van der Waals surface area contributed by atoms with E-state index in [0.29, 0.717) is 55.3 Å². The molecule has 1 spiro atoms. The van der Waals surface area contributed by atoms with Crippen LogP contribution in [0.4, 0.5) is 5.69 Å². The highest BCUT2D eigenvalue weighted by Gasteiger charge is 2.48. The Morgan fingerprint density at radius 2 is 1.98 bits per heavy atom. The quantitative estimate of drug-likeness (QED) is 0.345. The second-order valence-corrected chi connectivity index (χ2v) is 15.5. The molecule has 10 heteroatoms. The minimum absolute atomic E-state index is 0.0262. The van der Waals surface area contributed by atoms with Crippen molar-refractivity contribution in [2.75, 3.05) is 24.6 Å². The van der Waals surface area contributed by atoms with E-state index >= 15 is 0 Å². The number of ether oxygens (including phenoxy) is 1. The summed E-state index contributed by atoms with van der Waals surface area (Å²) >= 11 is 6.38. The molecule has 2 aromatic carbocycles. The Kier molecular flexibility index (Phi) is 7.88. The zero-order chi connectivity index (χ0) is 30.6. The van der Waals surface area contributed by atoms with Crippen LogP contribution in [0, 0.1) is 17.8 Å². The maximum absolute atomic E-state index is 13.3. The van der Waals surface area contributed by atoms with E-state index in [4.69, 9.17) is 16.3 Å².